The molecule has 0 aliphatic rings. The van der Waals surface area contributed by atoms with Crippen molar-refractivity contribution in [3.63, 3.8) is 0 Å². The molecule has 0 aromatic carbocycles. The summed E-state index contributed by atoms with van der Waals surface area (Å²) in [6, 6.07) is 0. The van der Waals surface area contributed by atoms with Crippen LogP contribution in [0.15, 0.2) is 6.33 Å². The number of rotatable bonds is 3. The lowest BCUT2D eigenvalue weighted by Crippen LogP contribution is -2.16. The van der Waals surface area contributed by atoms with Gasteiger partial charge in [0.1, 0.15) is 12.0 Å². The summed E-state index contributed by atoms with van der Waals surface area (Å²) in [5.74, 6) is -0.596. The van der Waals surface area contributed by atoms with Gasteiger partial charge in [-0.15, -0.1) is 0 Å². The lowest BCUT2D eigenvalue weighted by molar-refractivity contribution is 0.0991. The number of aromatic nitrogens is 2. The average molecular weight is 184 g/mol. The van der Waals surface area contributed by atoms with E-state index in [4.69, 9.17) is 11.5 Å². The van der Waals surface area contributed by atoms with Gasteiger partial charge >= 0.3 is 0 Å². The number of carbonyl (C=O) groups is 1. The van der Waals surface area contributed by atoms with Crippen molar-refractivity contribution in [1.29, 1.82) is 0 Å². The van der Waals surface area contributed by atoms with Crippen LogP contribution in [0, 0.1) is 0 Å². The van der Waals surface area contributed by atoms with Gasteiger partial charge in [0.25, 0.3) is 5.91 Å². The van der Waals surface area contributed by atoms with Crippen molar-refractivity contribution in [3.05, 3.63) is 12.0 Å². The van der Waals surface area contributed by atoms with Crippen LogP contribution in [0.2, 0.25) is 0 Å². The Hall–Kier alpha value is -1.56. The molecule has 13 heavy (non-hydrogen) atoms. The van der Waals surface area contributed by atoms with E-state index in [1.165, 1.54) is 10.9 Å². The Balaban J connectivity index is 3.06. The highest BCUT2D eigenvalue weighted by atomic mass is 16.3. The first-order valence-electron chi connectivity index (χ1n) is 3.88. The summed E-state index contributed by atoms with van der Waals surface area (Å²) in [5.41, 5.74) is 10.5. The summed E-state index contributed by atoms with van der Waals surface area (Å²) < 4.78 is 1.31. The molecule has 1 unspecified atom stereocenters. The molecule has 1 heterocycles. The number of nitrogens with two attached hydrogens (primary N) is 2. The van der Waals surface area contributed by atoms with E-state index in [0.717, 1.165) is 0 Å². The highest BCUT2D eigenvalue weighted by Crippen LogP contribution is 2.16. The van der Waals surface area contributed by atoms with E-state index in [9.17, 15) is 9.90 Å². The number of imidazole rings is 1. The Morgan fingerprint density at radius 2 is 2.46 bits per heavy atom. The molecule has 1 aromatic heterocycles. The quantitative estimate of drug-likeness (QED) is 0.586. The molecule has 0 aliphatic carbocycles. The fraction of sp³-hybridized carbons (Fsp3) is 0.429. The molecule has 0 bridgehead atoms. The van der Waals surface area contributed by atoms with Crippen molar-refractivity contribution in [3.8, 4) is 0 Å². The van der Waals surface area contributed by atoms with Crippen LogP contribution < -0.4 is 11.5 Å². The molecule has 0 spiro atoms. The zero-order chi connectivity index (χ0) is 10.0. The normalized spacial score (nSPS) is 12.8. The molecule has 0 saturated carbocycles. The van der Waals surface area contributed by atoms with Crippen LogP contribution >= 0.6 is 0 Å². The smallest absolute Gasteiger partial charge is 0.271 e. The summed E-state index contributed by atoms with van der Waals surface area (Å²) in [4.78, 5) is 14.4. The van der Waals surface area contributed by atoms with Crippen molar-refractivity contribution in [1.82, 2.24) is 9.55 Å². The second kappa shape index (κ2) is 3.44. The summed E-state index contributed by atoms with van der Waals surface area (Å²) in [6.45, 7) is 1.79. The fourth-order valence-electron chi connectivity index (χ4n) is 0.995. The van der Waals surface area contributed by atoms with Crippen molar-refractivity contribution in [2.45, 2.75) is 19.6 Å². The number of hydrogen-bond acceptors (Lipinski definition) is 4. The minimum atomic E-state index is -0.763. The monoisotopic (exact) mass is 184 g/mol. The van der Waals surface area contributed by atoms with Gasteiger partial charge in [0.2, 0.25) is 0 Å². The van der Waals surface area contributed by atoms with Crippen LogP contribution in [0.1, 0.15) is 30.1 Å². The summed E-state index contributed by atoms with van der Waals surface area (Å²) in [5, 5.41) is 9.40. The third kappa shape index (κ3) is 1.62. The molecule has 5 N–H and O–H groups in total. The highest BCUT2D eigenvalue weighted by Gasteiger charge is 2.15. The Bertz CT molecular complexity index is 320. The van der Waals surface area contributed by atoms with Crippen LogP contribution in [0.4, 0.5) is 5.82 Å². The zero-order valence-corrected chi connectivity index (χ0v) is 7.27. The Morgan fingerprint density at radius 3 is 2.85 bits per heavy atom. The molecule has 1 amide bonds. The average Bonchev–Trinajstić information content (AvgIpc) is 2.46. The van der Waals surface area contributed by atoms with Gasteiger partial charge in [0, 0.05) is 0 Å². The third-order valence-corrected chi connectivity index (χ3v) is 1.75. The molecule has 0 fully saturated rings. The van der Waals surface area contributed by atoms with Gasteiger partial charge in [-0.25, -0.2) is 4.98 Å². The number of nitrogen functional groups attached to an aromatic ring is 1. The first-order valence-corrected chi connectivity index (χ1v) is 3.88. The molecule has 0 saturated heterocycles. The van der Waals surface area contributed by atoms with E-state index in [1.54, 1.807) is 6.92 Å². The Labute approximate surface area is 75.2 Å². The molecule has 1 aromatic rings. The number of anilines is 1. The maximum atomic E-state index is 10.7. The maximum Gasteiger partial charge on any atom is 0.271 e. The molecule has 72 valence electrons. The van der Waals surface area contributed by atoms with Crippen LogP contribution in [-0.4, -0.2) is 20.6 Å². The largest absolute Gasteiger partial charge is 0.383 e. The van der Waals surface area contributed by atoms with Crippen molar-refractivity contribution in [2.24, 2.45) is 5.73 Å². The molecule has 0 radical (unpaired) electrons. The van der Waals surface area contributed by atoms with Crippen LogP contribution in [0.3, 0.4) is 0 Å². The van der Waals surface area contributed by atoms with Gasteiger partial charge in [0.05, 0.1) is 6.33 Å². The lowest BCUT2D eigenvalue weighted by atomic mass is 10.4. The number of carbonyl (C=O) groups excluding carboxylic acids is 1. The van der Waals surface area contributed by atoms with E-state index in [2.05, 4.69) is 4.98 Å². The predicted octanol–water partition coefficient (Wildman–Crippen LogP) is -0.535. The minimum Gasteiger partial charge on any atom is -0.383 e. The molecular formula is C7H12N4O2. The first kappa shape index (κ1) is 9.53. The molecule has 0 aliphatic heterocycles. The van der Waals surface area contributed by atoms with Crippen LogP contribution in [-0.2, 0) is 0 Å². The number of aliphatic hydroxyl groups excluding tert-OH is 1. The predicted molar refractivity (Wildman–Crippen MR) is 46.7 cm³/mol. The van der Waals surface area contributed by atoms with E-state index < -0.39 is 12.1 Å². The van der Waals surface area contributed by atoms with E-state index in [-0.39, 0.29) is 11.5 Å². The Kier molecular flexibility index (Phi) is 2.52. The standard InChI is InChI=1S/C7H12N4O2/c1-2-4(12)11-3-10-5(6(11)8)7(9)13/h3-4,12H,2,8H2,1H3,(H2,9,13). The third-order valence-electron chi connectivity index (χ3n) is 1.75. The highest BCUT2D eigenvalue weighted by molar-refractivity contribution is 5.95. The first-order chi connectivity index (χ1) is 6.07. The van der Waals surface area contributed by atoms with E-state index in [1.807, 2.05) is 0 Å². The molecule has 6 heteroatoms. The van der Waals surface area contributed by atoms with Gasteiger partial charge in [-0.2, -0.15) is 0 Å². The van der Waals surface area contributed by atoms with E-state index >= 15 is 0 Å². The molecule has 1 atom stereocenters. The summed E-state index contributed by atoms with van der Waals surface area (Å²) in [7, 11) is 0. The maximum absolute atomic E-state index is 10.7. The van der Waals surface area contributed by atoms with Crippen LogP contribution in [0.5, 0.6) is 0 Å². The number of amides is 1. The summed E-state index contributed by atoms with van der Waals surface area (Å²) in [6.07, 6.45) is 1.02. The van der Waals surface area contributed by atoms with Gasteiger partial charge in [0.15, 0.2) is 5.69 Å². The molecule has 1 rings (SSSR count). The summed E-state index contributed by atoms with van der Waals surface area (Å²) >= 11 is 0. The van der Waals surface area contributed by atoms with Gasteiger partial charge < -0.3 is 16.6 Å². The van der Waals surface area contributed by atoms with Gasteiger partial charge in [-0.3, -0.25) is 9.36 Å². The van der Waals surface area contributed by atoms with Crippen molar-refractivity contribution >= 4 is 11.7 Å². The topological polar surface area (TPSA) is 107 Å². The van der Waals surface area contributed by atoms with Gasteiger partial charge in [-0.1, -0.05) is 6.92 Å². The van der Waals surface area contributed by atoms with Crippen LogP contribution in [0.25, 0.3) is 0 Å². The second-order valence-corrected chi connectivity index (χ2v) is 2.64. The van der Waals surface area contributed by atoms with Crippen molar-refractivity contribution < 1.29 is 9.90 Å². The van der Waals surface area contributed by atoms with Crippen molar-refractivity contribution in [2.75, 3.05) is 5.73 Å². The number of aliphatic hydroxyl groups is 1. The lowest BCUT2D eigenvalue weighted by Gasteiger charge is -2.10. The number of nitrogens with zero attached hydrogens (tertiary/aromatic N) is 2. The Morgan fingerprint density at radius 1 is 1.85 bits per heavy atom. The SMILES string of the molecule is CCC(O)n1cnc(C(N)=O)c1N. The number of hydrogen-bond donors (Lipinski definition) is 3. The molecule has 6 nitrogen and oxygen atoms in total. The second-order valence-electron chi connectivity index (χ2n) is 2.64. The minimum absolute atomic E-state index is 0.00694. The fourth-order valence-corrected chi connectivity index (χ4v) is 0.995. The molecular weight excluding hydrogens is 172 g/mol. The zero-order valence-electron chi connectivity index (χ0n) is 7.27. The number of primary amides is 1. The van der Waals surface area contributed by atoms with Gasteiger partial charge in [-0.05, 0) is 6.42 Å². The van der Waals surface area contributed by atoms with E-state index in [0.29, 0.717) is 6.42 Å².